The number of nitrogens with zero attached hydrogens (tertiary/aromatic N) is 3. The molecule has 2 aliphatic rings. The number of anilines is 1. The first-order valence-electron chi connectivity index (χ1n) is 11.2. The highest BCUT2D eigenvalue weighted by molar-refractivity contribution is 5.68. The second-order valence-electron chi connectivity index (χ2n) is 9.59. The Hall–Kier alpha value is -1.82. The van der Waals surface area contributed by atoms with Crippen molar-refractivity contribution < 1.29 is 9.53 Å². The quantitative estimate of drug-likeness (QED) is 0.689. The summed E-state index contributed by atoms with van der Waals surface area (Å²) in [6, 6.07) is 5.21. The molecule has 2 atom stereocenters. The minimum absolute atomic E-state index is 0.176. The molecular weight excluding hydrogens is 364 g/mol. The number of hydrogen-bond acceptors (Lipinski definition) is 5. The van der Waals surface area contributed by atoms with Gasteiger partial charge in [-0.3, -0.25) is 0 Å². The van der Waals surface area contributed by atoms with Crippen LogP contribution in [0.25, 0.3) is 0 Å². The van der Waals surface area contributed by atoms with E-state index in [-0.39, 0.29) is 6.09 Å². The Labute approximate surface area is 176 Å². The Morgan fingerprint density at radius 1 is 1.31 bits per heavy atom. The average Bonchev–Trinajstić information content (AvgIpc) is 3.17. The number of nitrogens with one attached hydrogen (secondary N) is 1. The van der Waals surface area contributed by atoms with Crippen molar-refractivity contribution in [3.63, 3.8) is 0 Å². The van der Waals surface area contributed by atoms with Gasteiger partial charge >= 0.3 is 6.09 Å². The van der Waals surface area contributed by atoms with Gasteiger partial charge in [-0.05, 0) is 78.1 Å². The summed E-state index contributed by atoms with van der Waals surface area (Å²) in [5.41, 5.74) is 0.925. The lowest BCUT2D eigenvalue weighted by atomic mass is 9.97. The molecule has 2 aliphatic heterocycles. The molecule has 0 bridgehead atoms. The number of pyridine rings is 1. The van der Waals surface area contributed by atoms with Crippen molar-refractivity contribution in [3.8, 4) is 0 Å². The number of carbonyl (C=O) groups is 1. The van der Waals surface area contributed by atoms with Gasteiger partial charge in [-0.1, -0.05) is 18.9 Å². The first-order valence-corrected chi connectivity index (χ1v) is 11.2. The van der Waals surface area contributed by atoms with E-state index < -0.39 is 5.60 Å². The summed E-state index contributed by atoms with van der Waals surface area (Å²) in [4.78, 5) is 21.0. The summed E-state index contributed by atoms with van der Waals surface area (Å²) >= 11 is 0. The number of likely N-dealkylation sites (N-methyl/N-ethyl adjacent to an activating group) is 1. The van der Waals surface area contributed by atoms with Gasteiger partial charge in [-0.2, -0.15) is 0 Å². The molecule has 6 nitrogen and oxygen atoms in total. The van der Waals surface area contributed by atoms with Gasteiger partial charge in [-0.15, -0.1) is 0 Å². The van der Waals surface area contributed by atoms with E-state index >= 15 is 0 Å². The molecule has 1 amide bonds. The van der Waals surface area contributed by atoms with Crippen LogP contribution in [-0.4, -0.2) is 65.2 Å². The van der Waals surface area contributed by atoms with Crippen LogP contribution < -0.4 is 5.32 Å². The molecule has 0 radical (unpaired) electrons. The van der Waals surface area contributed by atoms with Crippen molar-refractivity contribution in [1.29, 1.82) is 0 Å². The van der Waals surface area contributed by atoms with Crippen molar-refractivity contribution in [3.05, 3.63) is 23.9 Å². The molecule has 0 unspecified atom stereocenters. The van der Waals surface area contributed by atoms with Gasteiger partial charge < -0.3 is 19.9 Å². The highest BCUT2D eigenvalue weighted by Gasteiger charge is 2.31. The Morgan fingerprint density at radius 3 is 2.93 bits per heavy atom. The van der Waals surface area contributed by atoms with Gasteiger partial charge in [0.15, 0.2) is 0 Å². The van der Waals surface area contributed by atoms with Crippen LogP contribution in [0.4, 0.5) is 10.6 Å². The number of hydrogen-bond donors (Lipinski definition) is 1. The van der Waals surface area contributed by atoms with Gasteiger partial charge in [0.1, 0.15) is 11.4 Å². The molecule has 0 aromatic carbocycles. The van der Waals surface area contributed by atoms with Crippen LogP contribution in [0, 0.1) is 0 Å². The lowest BCUT2D eigenvalue weighted by molar-refractivity contribution is 0.0282. The molecule has 3 rings (SSSR count). The van der Waals surface area contributed by atoms with E-state index in [1.807, 2.05) is 37.9 Å². The van der Waals surface area contributed by atoms with Gasteiger partial charge in [0, 0.05) is 31.4 Å². The SMILES string of the molecule is CN(CCCCC[C@H]1CCc2cccnc2N1)[C@@H]1CCN(C(=O)OC(C)(C)C)C1. The van der Waals surface area contributed by atoms with Gasteiger partial charge in [-0.25, -0.2) is 9.78 Å². The molecular formula is C23H38N4O2. The molecule has 0 aliphatic carbocycles. The van der Waals surface area contributed by atoms with Crippen LogP contribution in [-0.2, 0) is 11.2 Å². The lowest BCUT2D eigenvalue weighted by Gasteiger charge is -2.27. The molecule has 6 heteroatoms. The molecule has 162 valence electrons. The molecule has 1 N–H and O–H groups in total. The van der Waals surface area contributed by atoms with E-state index in [2.05, 4.69) is 28.3 Å². The van der Waals surface area contributed by atoms with Crippen LogP contribution in [0.15, 0.2) is 18.3 Å². The second-order valence-corrected chi connectivity index (χ2v) is 9.59. The van der Waals surface area contributed by atoms with Crippen LogP contribution >= 0.6 is 0 Å². The average molecular weight is 403 g/mol. The summed E-state index contributed by atoms with van der Waals surface area (Å²) in [6.07, 6.45) is 10.0. The Morgan fingerprint density at radius 2 is 2.14 bits per heavy atom. The largest absolute Gasteiger partial charge is 0.444 e. The number of amides is 1. The maximum atomic E-state index is 12.2. The molecule has 0 saturated carbocycles. The molecule has 29 heavy (non-hydrogen) atoms. The molecule has 1 aromatic heterocycles. The number of rotatable bonds is 7. The fraction of sp³-hybridized carbons (Fsp3) is 0.739. The highest BCUT2D eigenvalue weighted by Crippen LogP contribution is 2.24. The second kappa shape index (κ2) is 9.79. The summed E-state index contributed by atoms with van der Waals surface area (Å²) in [5.74, 6) is 1.08. The van der Waals surface area contributed by atoms with Crippen LogP contribution in [0.2, 0.25) is 0 Å². The first kappa shape index (κ1) is 21.9. The number of ether oxygens (including phenoxy) is 1. The van der Waals surface area contributed by atoms with E-state index in [0.29, 0.717) is 12.1 Å². The third-order valence-corrected chi connectivity index (χ3v) is 6.00. The number of carbonyl (C=O) groups excluding carboxylic acids is 1. The van der Waals surface area contributed by atoms with E-state index in [9.17, 15) is 4.79 Å². The van der Waals surface area contributed by atoms with Crippen molar-refractivity contribution in [1.82, 2.24) is 14.8 Å². The normalized spacial score (nSPS) is 21.8. The van der Waals surface area contributed by atoms with Crippen LogP contribution in [0.3, 0.4) is 0 Å². The van der Waals surface area contributed by atoms with Crippen molar-refractivity contribution in [2.45, 2.75) is 83.4 Å². The predicted molar refractivity (Wildman–Crippen MR) is 117 cm³/mol. The van der Waals surface area contributed by atoms with E-state index in [0.717, 1.165) is 38.3 Å². The zero-order valence-corrected chi connectivity index (χ0v) is 18.6. The predicted octanol–water partition coefficient (Wildman–Crippen LogP) is 4.31. The Kier molecular flexibility index (Phi) is 7.38. The summed E-state index contributed by atoms with van der Waals surface area (Å²) in [6.45, 7) is 8.43. The molecule has 1 aromatic rings. The number of unbranched alkanes of at least 4 members (excludes halogenated alkanes) is 2. The lowest BCUT2D eigenvalue weighted by Crippen LogP contribution is -2.39. The van der Waals surface area contributed by atoms with E-state index in [1.165, 1.54) is 37.7 Å². The van der Waals surface area contributed by atoms with E-state index in [1.54, 1.807) is 0 Å². The van der Waals surface area contributed by atoms with Crippen molar-refractivity contribution in [2.24, 2.45) is 0 Å². The monoisotopic (exact) mass is 402 g/mol. The number of aryl methyl sites for hydroxylation is 1. The maximum Gasteiger partial charge on any atom is 0.410 e. The zero-order valence-electron chi connectivity index (χ0n) is 18.6. The molecule has 3 heterocycles. The van der Waals surface area contributed by atoms with Crippen LogP contribution in [0.5, 0.6) is 0 Å². The Bertz CT molecular complexity index is 673. The minimum Gasteiger partial charge on any atom is -0.444 e. The van der Waals surface area contributed by atoms with Crippen molar-refractivity contribution >= 4 is 11.9 Å². The number of fused-ring (bicyclic) bond motifs is 1. The number of aromatic nitrogens is 1. The minimum atomic E-state index is -0.424. The fourth-order valence-electron chi connectivity index (χ4n) is 4.29. The first-order chi connectivity index (χ1) is 13.8. The maximum absolute atomic E-state index is 12.2. The standard InChI is InChI=1S/C23H38N4O2/c1-23(2,3)29-22(28)27-16-13-20(17-27)26(4)15-7-5-6-10-19-12-11-18-9-8-14-24-21(18)25-19/h8-9,14,19-20H,5-7,10-13,15-17H2,1-4H3,(H,24,25)/t19-,20+/m0/s1. The van der Waals surface area contributed by atoms with Gasteiger partial charge in [0.25, 0.3) is 0 Å². The topological polar surface area (TPSA) is 57.7 Å². The van der Waals surface area contributed by atoms with Crippen LogP contribution in [0.1, 0.15) is 64.9 Å². The zero-order chi connectivity index (χ0) is 20.9. The van der Waals surface area contributed by atoms with Crippen molar-refractivity contribution in [2.75, 3.05) is 32.0 Å². The van der Waals surface area contributed by atoms with Gasteiger partial charge in [0.2, 0.25) is 0 Å². The smallest absolute Gasteiger partial charge is 0.410 e. The summed E-state index contributed by atoms with van der Waals surface area (Å²) in [7, 11) is 2.19. The highest BCUT2D eigenvalue weighted by atomic mass is 16.6. The molecule has 1 saturated heterocycles. The molecule has 0 spiro atoms. The summed E-state index contributed by atoms with van der Waals surface area (Å²) in [5, 5.41) is 3.60. The third-order valence-electron chi connectivity index (χ3n) is 6.00. The van der Waals surface area contributed by atoms with Gasteiger partial charge in [0.05, 0.1) is 0 Å². The fourth-order valence-corrected chi connectivity index (χ4v) is 4.29. The Balaban J connectivity index is 1.29. The number of likely N-dealkylation sites (tertiary alicyclic amines) is 1. The van der Waals surface area contributed by atoms with E-state index in [4.69, 9.17) is 4.74 Å². The third kappa shape index (κ3) is 6.59. The molecule has 1 fully saturated rings. The summed E-state index contributed by atoms with van der Waals surface area (Å²) < 4.78 is 5.50.